The number of rotatable bonds is 4. The van der Waals surface area contributed by atoms with Crippen LogP contribution in [-0.4, -0.2) is 0 Å². The van der Waals surface area contributed by atoms with Crippen molar-refractivity contribution in [3.05, 3.63) is 120 Å². The van der Waals surface area contributed by atoms with E-state index in [9.17, 15) is 5.21 Å². The van der Waals surface area contributed by atoms with E-state index in [1.165, 1.54) is 0 Å². The summed E-state index contributed by atoms with van der Waals surface area (Å²) < 4.78 is -0.632. The predicted molar refractivity (Wildman–Crippen MR) is 109 cm³/mol. The maximum atomic E-state index is 14.4. The van der Waals surface area contributed by atoms with Crippen LogP contribution in [0.5, 0.6) is 0 Å². The minimum Gasteiger partial charge on any atom is -0.616 e. The topological polar surface area (TPSA) is 23.1 Å². The zero-order valence-electron chi connectivity index (χ0n) is 14.3. The van der Waals surface area contributed by atoms with Crippen molar-refractivity contribution in [2.45, 2.75) is 0 Å². The molecule has 0 aliphatic rings. The Labute approximate surface area is 153 Å². The molecule has 0 aliphatic carbocycles. The first kappa shape index (κ1) is 16.3. The summed E-state index contributed by atoms with van der Waals surface area (Å²) in [5, 5.41) is 14.4. The molecule has 0 heterocycles. The summed E-state index contributed by atoms with van der Waals surface area (Å²) in [6, 6.07) is 37.0. The Morgan fingerprint density at radius 2 is 0.885 bits per heavy atom. The van der Waals surface area contributed by atoms with Crippen LogP contribution in [0, 0.1) is 5.21 Å². The number of benzene rings is 4. The molecule has 0 atom stereocenters. The highest BCUT2D eigenvalue weighted by Crippen LogP contribution is 2.46. The van der Waals surface area contributed by atoms with Crippen LogP contribution in [0.1, 0.15) is 0 Å². The maximum Gasteiger partial charge on any atom is 0.150 e. The van der Waals surface area contributed by atoms with Crippen LogP contribution in [-0.2, 0) is 0 Å². The Morgan fingerprint density at radius 1 is 0.462 bits per heavy atom. The molecule has 0 unspecified atom stereocenters. The third-order valence-electron chi connectivity index (χ3n) is 4.57. The van der Waals surface area contributed by atoms with Crippen LogP contribution in [0.2, 0.25) is 0 Å². The van der Waals surface area contributed by atoms with Crippen LogP contribution in [0.15, 0.2) is 115 Å². The highest BCUT2D eigenvalue weighted by molar-refractivity contribution is 5.84. The Kier molecular flexibility index (Phi) is 4.36. The molecule has 4 aromatic carbocycles. The van der Waals surface area contributed by atoms with Gasteiger partial charge >= 0.3 is 0 Å². The molecule has 2 nitrogen and oxygen atoms in total. The average molecular weight is 337 g/mol. The first-order valence-corrected chi connectivity index (χ1v) is 8.66. The molecule has 2 heteroatoms. The molecule has 0 spiro atoms. The van der Waals surface area contributed by atoms with Gasteiger partial charge in [0.15, 0.2) is 5.69 Å². The summed E-state index contributed by atoms with van der Waals surface area (Å²) in [6.45, 7) is 0. The predicted octanol–water partition coefficient (Wildman–Crippen LogP) is 6.82. The molecule has 0 amide bonds. The molecular weight excluding hydrogens is 318 g/mol. The number of quaternary nitrogens is 1. The van der Waals surface area contributed by atoms with E-state index in [4.69, 9.17) is 0 Å². The van der Waals surface area contributed by atoms with E-state index in [0.717, 1.165) is 11.1 Å². The number of nitrogens with zero attached hydrogens (tertiary/aromatic N) is 1. The highest BCUT2D eigenvalue weighted by atomic mass is 16.5. The van der Waals surface area contributed by atoms with E-state index in [0.29, 0.717) is 17.1 Å². The maximum absolute atomic E-state index is 14.4. The first-order valence-electron chi connectivity index (χ1n) is 8.66. The molecule has 0 bridgehead atoms. The van der Waals surface area contributed by atoms with Crippen LogP contribution in [0.25, 0.3) is 11.1 Å². The van der Waals surface area contributed by atoms with E-state index in [-0.39, 0.29) is 0 Å². The molecule has 0 radical (unpaired) electrons. The van der Waals surface area contributed by atoms with Gasteiger partial charge in [-0.05, 0) is 11.6 Å². The fourth-order valence-electron chi connectivity index (χ4n) is 3.31. The zero-order valence-corrected chi connectivity index (χ0v) is 14.3. The summed E-state index contributed by atoms with van der Waals surface area (Å²) in [6.07, 6.45) is 0. The summed E-state index contributed by atoms with van der Waals surface area (Å²) in [7, 11) is 0. The van der Waals surface area contributed by atoms with Gasteiger partial charge in [0.2, 0.25) is 0 Å². The average Bonchev–Trinajstić information content (AvgIpc) is 2.75. The quantitative estimate of drug-likeness (QED) is 0.296. The van der Waals surface area contributed by atoms with Gasteiger partial charge in [-0.3, -0.25) is 4.65 Å². The second-order valence-corrected chi connectivity index (χ2v) is 6.16. The van der Waals surface area contributed by atoms with E-state index < -0.39 is 4.65 Å². The fraction of sp³-hybridized carbons (Fsp3) is 0. The Bertz CT molecular complexity index is 943. The van der Waals surface area contributed by atoms with Gasteiger partial charge in [-0.1, -0.05) is 78.9 Å². The van der Waals surface area contributed by atoms with Gasteiger partial charge in [-0.2, -0.15) is 0 Å². The minimum absolute atomic E-state index is 0.632. The molecular formula is C24H19NO. The summed E-state index contributed by atoms with van der Waals surface area (Å²) in [4.78, 5) is 0. The lowest BCUT2D eigenvalue weighted by molar-refractivity contribution is 0.694. The van der Waals surface area contributed by atoms with Gasteiger partial charge in [0.25, 0.3) is 0 Å². The Morgan fingerprint density at radius 3 is 1.42 bits per heavy atom. The minimum atomic E-state index is -0.632. The smallest absolute Gasteiger partial charge is 0.150 e. The van der Waals surface area contributed by atoms with Gasteiger partial charge in [-0.15, -0.1) is 0 Å². The number of hydrogen-bond acceptors (Lipinski definition) is 1. The fourth-order valence-corrected chi connectivity index (χ4v) is 3.31. The molecule has 0 aromatic heterocycles. The SMILES string of the molecule is [O-][N+](c1ccccc1)(c1ccccc1)c1ccccc1-c1ccccc1. The third kappa shape index (κ3) is 2.82. The molecule has 0 fully saturated rings. The van der Waals surface area contributed by atoms with Crippen molar-refractivity contribution in [3.8, 4) is 11.1 Å². The van der Waals surface area contributed by atoms with Crippen molar-refractivity contribution in [2.75, 3.05) is 0 Å². The Balaban J connectivity index is 2.01. The second kappa shape index (κ2) is 6.96. The van der Waals surface area contributed by atoms with Crippen LogP contribution < -0.4 is 4.65 Å². The van der Waals surface area contributed by atoms with Crippen LogP contribution in [0.4, 0.5) is 17.1 Å². The highest BCUT2D eigenvalue weighted by Gasteiger charge is 2.29. The largest absolute Gasteiger partial charge is 0.616 e. The van der Waals surface area contributed by atoms with Gasteiger partial charge in [0, 0.05) is 35.9 Å². The molecule has 4 aromatic rings. The number of hydrogen-bond donors (Lipinski definition) is 0. The van der Waals surface area contributed by atoms with Gasteiger partial charge < -0.3 is 5.21 Å². The summed E-state index contributed by atoms with van der Waals surface area (Å²) >= 11 is 0. The lowest BCUT2D eigenvalue weighted by Crippen LogP contribution is -2.31. The molecule has 26 heavy (non-hydrogen) atoms. The lowest BCUT2D eigenvalue weighted by Gasteiger charge is -2.42. The summed E-state index contributed by atoms with van der Waals surface area (Å²) in [5.74, 6) is 0. The summed E-state index contributed by atoms with van der Waals surface area (Å²) in [5.41, 5.74) is 4.05. The molecule has 0 saturated heterocycles. The molecule has 4 rings (SSSR count). The molecule has 0 N–H and O–H groups in total. The van der Waals surface area contributed by atoms with Crippen LogP contribution >= 0.6 is 0 Å². The van der Waals surface area contributed by atoms with Crippen molar-refractivity contribution in [1.29, 1.82) is 0 Å². The van der Waals surface area contributed by atoms with Gasteiger partial charge in [0.05, 0.1) is 0 Å². The van der Waals surface area contributed by atoms with E-state index in [2.05, 4.69) is 0 Å². The van der Waals surface area contributed by atoms with Crippen molar-refractivity contribution in [3.63, 3.8) is 0 Å². The number of para-hydroxylation sites is 3. The van der Waals surface area contributed by atoms with Crippen molar-refractivity contribution in [2.24, 2.45) is 0 Å². The van der Waals surface area contributed by atoms with Crippen molar-refractivity contribution in [1.82, 2.24) is 4.65 Å². The van der Waals surface area contributed by atoms with Gasteiger partial charge in [-0.25, -0.2) is 0 Å². The Hall–Kier alpha value is -3.20. The monoisotopic (exact) mass is 337 g/mol. The van der Waals surface area contributed by atoms with Crippen molar-refractivity contribution >= 4 is 17.1 Å². The zero-order chi connectivity index (χ0) is 17.8. The normalized spacial score (nSPS) is 11.3. The molecule has 126 valence electrons. The third-order valence-corrected chi connectivity index (χ3v) is 4.57. The molecule has 0 saturated carbocycles. The van der Waals surface area contributed by atoms with E-state index in [1.54, 1.807) is 0 Å². The van der Waals surface area contributed by atoms with E-state index >= 15 is 0 Å². The van der Waals surface area contributed by atoms with E-state index in [1.807, 2.05) is 115 Å². The first-order chi connectivity index (χ1) is 12.8. The lowest BCUT2D eigenvalue weighted by atomic mass is 10.0. The van der Waals surface area contributed by atoms with Crippen molar-refractivity contribution < 1.29 is 0 Å². The van der Waals surface area contributed by atoms with Crippen LogP contribution in [0.3, 0.4) is 0 Å². The second-order valence-electron chi connectivity index (χ2n) is 6.16. The van der Waals surface area contributed by atoms with Gasteiger partial charge in [0.1, 0.15) is 11.4 Å². The molecule has 0 aliphatic heterocycles. The standard InChI is InChI=1S/C24H19NO/c26-25(21-14-6-2-7-15-21,22-16-8-3-9-17-22)24-19-11-10-18-23(24)20-12-4-1-5-13-20/h1-19H.